The van der Waals surface area contributed by atoms with Gasteiger partial charge in [-0.1, -0.05) is 0 Å². The van der Waals surface area contributed by atoms with E-state index in [1.807, 2.05) is 4.90 Å². The number of carbonyl (C=O) groups is 2. The van der Waals surface area contributed by atoms with Crippen LogP contribution >= 0.6 is 0 Å². The number of nitrogens with one attached hydrogen (secondary N) is 1. The van der Waals surface area contributed by atoms with Gasteiger partial charge in [-0.15, -0.1) is 0 Å². The second-order valence-corrected chi connectivity index (χ2v) is 4.33. The summed E-state index contributed by atoms with van der Waals surface area (Å²) in [4.78, 5) is 26.7. The number of hydrogen-bond donors (Lipinski definition) is 2. The summed E-state index contributed by atoms with van der Waals surface area (Å²) in [5.74, 6) is 0.157. The molecular weight excluding hydrogens is 220 g/mol. The van der Waals surface area contributed by atoms with Crippen molar-refractivity contribution in [1.29, 1.82) is 0 Å². The van der Waals surface area contributed by atoms with Crippen LogP contribution in [0.4, 0.5) is 0 Å². The lowest BCUT2D eigenvalue weighted by molar-refractivity contribution is -0.131. The van der Waals surface area contributed by atoms with Crippen LogP contribution in [-0.4, -0.2) is 67.9 Å². The Morgan fingerprint density at radius 1 is 1.53 bits per heavy atom. The molecule has 0 spiro atoms. The second-order valence-electron chi connectivity index (χ2n) is 4.33. The van der Waals surface area contributed by atoms with Gasteiger partial charge in [-0.3, -0.25) is 14.5 Å². The number of carbonyl (C=O) groups excluding carboxylic acids is 2. The molecule has 0 atom stereocenters. The molecule has 0 bridgehead atoms. The SMILES string of the molecule is CN(CCCN)C(=O)CN1CCNC(=O)CC1. The van der Waals surface area contributed by atoms with Gasteiger partial charge in [-0.25, -0.2) is 0 Å². The molecule has 0 aromatic heterocycles. The molecule has 98 valence electrons. The number of rotatable bonds is 5. The fourth-order valence-electron chi connectivity index (χ4n) is 1.74. The molecule has 6 heteroatoms. The Bertz CT molecular complexity index is 270. The van der Waals surface area contributed by atoms with E-state index in [0.29, 0.717) is 39.1 Å². The summed E-state index contributed by atoms with van der Waals surface area (Å²) in [5.41, 5.74) is 5.40. The molecule has 17 heavy (non-hydrogen) atoms. The molecule has 1 aliphatic heterocycles. The zero-order valence-corrected chi connectivity index (χ0v) is 10.4. The van der Waals surface area contributed by atoms with Crippen molar-refractivity contribution in [3.8, 4) is 0 Å². The molecular formula is C11H22N4O2. The monoisotopic (exact) mass is 242 g/mol. The van der Waals surface area contributed by atoms with Crippen molar-refractivity contribution in [1.82, 2.24) is 15.1 Å². The van der Waals surface area contributed by atoms with Crippen LogP contribution in [0.25, 0.3) is 0 Å². The van der Waals surface area contributed by atoms with Gasteiger partial charge in [-0.2, -0.15) is 0 Å². The van der Waals surface area contributed by atoms with Gasteiger partial charge in [0, 0.05) is 39.6 Å². The number of nitrogens with zero attached hydrogens (tertiary/aromatic N) is 2. The lowest BCUT2D eigenvalue weighted by Crippen LogP contribution is -2.40. The van der Waals surface area contributed by atoms with Crippen LogP contribution in [0.15, 0.2) is 0 Å². The molecule has 1 rings (SSSR count). The third-order valence-electron chi connectivity index (χ3n) is 2.89. The van der Waals surface area contributed by atoms with Crippen molar-refractivity contribution in [3.63, 3.8) is 0 Å². The molecule has 0 unspecified atom stereocenters. The van der Waals surface area contributed by atoms with Gasteiger partial charge in [-0.05, 0) is 13.0 Å². The molecule has 1 saturated heterocycles. The minimum atomic E-state index is 0.0661. The molecule has 3 N–H and O–H groups in total. The summed E-state index contributed by atoms with van der Waals surface area (Å²) in [7, 11) is 1.79. The van der Waals surface area contributed by atoms with Crippen LogP contribution < -0.4 is 11.1 Å². The number of hydrogen-bond acceptors (Lipinski definition) is 4. The minimum Gasteiger partial charge on any atom is -0.355 e. The Morgan fingerprint density at radius 2 is 2.29 bits per heavy atom. The first-order valence-corrected chi connectivity index (χ1v) is 6.06. The molecule has 0 aromatic carbocycles. The quantitative estimate of drug-likeness (QED) is 0.622. The van der Waals surface area contributed by atoms with Crippen LogP contribution in [0.3, 0.4) is 0 Å². The lowest BCUT2D eigenvalue weighted by atomic mass is 10.3. The van der Waals surface area contributed by atoms with Crippen LogP contribution in [0.2, 0.25) is 0 Å². The number of nitrogens with two attached hydrogens (primary N) is 1. The zero-order chi connectivity index (χ0) is 12.7. The Labute approximate surface area is 102 Å². The maximum atomic E-state index is 11.8. The van der Waals surface area contributed by atoms with Gasteiger partial charge >= 0.3 is 0 Å². The van der Waals surface area contributed by atoms with E-state index >= 15 is 0 Å². The Morgan fingerprint density at radius 3 is 3.00 bits per heavy atom. The van der Waals surface area contributed by atoms with Gasteiger partial charge in [0.15, 0.2) is 0 Å². The van der Waals surface area contributed by atoms with Gasteiger partial charge < -0.3 is 16.0 Å². The average molecular weight is 242 g/mol. The largest absolute Gasteiger partial charge is 0.355 e. The standard InChI is InChI=1S/C11H22N4O2/c1-14(6-2-4-12)11(17)9-15-7-3-10(16)13-5-8-15/h2-9,12H2,1H3,(H,13,16). The molecule has 2 amide bonds. The van der Waals surface area contributed by atoms with Gasteiger partial charge in [0.2, 0.25) is 11.8 Å². The first-order valence-electron chi connectivity index (χ1n) is 6.06. The predicted octanol–water partition coefficient (Wildman–Crippen LogP) is -1.38. The molecule has 6 nitrogen and oxygen atoms in total. The summed E-state index contributed by atoms with van der Waals surface area (Å²) < 4.78 is 0. The number of amides is 2. The molecule has 0 aromatic rings. The summed E-state index contributed by atoms with van der Waals surface area (Å²) >= 11 is 0. The maximum Gasteiger partial charge on any atom is 0.236 e. The van der Waals surface area contributed by atoms with Crippen molar-refractivity contribution in [2.75, 3.05) is 46.3 Å². The highest BCUT2D eigenvalue weighted by molar-refractivity contribution is 5.79. The van der Waals surface area contributed by atoms with Crippen LogP contribution in [0, 0.1) is 0 Å². The Kier molecular flexibility index (Phi) is 5.93. The maximum absolute atomic E-state index is 11.8. The molecule has 1 fully saturated rings. The number of likely N-dealkylation sites (N-methyl/N-ethyl adjacent to an activating group) is 1. The molecule has 1 aliphatic rings. The summed E-state index contributed by atoms with van der Waals surface area (Å²) in [6, 6.07) is 0. The van der Waals surface area contributed by atoms with E-state index in [-0.39, 0.29) is 11.8 Å². The average Bonchev–Trinajstić information content (AvgIpc) is 2.51. The topological polar surface area (TPSA) is 78.7 Å². The highest BCUT2D eigenvalue weighted by Gasteiger charge is 2.17. The van der Waals surface area contributed by atoms with Crippen LogP contribution in [0.5, 0.6) is 0 Å². The summed E-state index contributed by atoms with van der Waals surface area (Å²) in [6.07, 6.45) is 1.29. The van der Waals surface area contributed by atoms with Crippen molar-refractivity contribution in [3.05, 3.63) is 0 Å². The third kappa shape index (κ3) is 5.14. The van der Waals surface area contributed by atoms with Gasteiger partial charge in [0.1, 0.15) is 0 Å². The van der Waals surface area contributed by atoms with E-state index in [9.17, 15) is 9.59 Å². The normalized spacial score (nSPS) is 17.4. The molecule has 0 radical (unpaired) electrons. The van der Waals surface area contributed by atoms with E-state index < -0.39 is 0 Å². The van der Waals surface area contributed by atoms with E-state index in [1.54, 1.807) is 11.9 Å². The van der Waals surface area contributed by atoms with E-state index in [1.165, 1.54) is 0 Å². The molecule has 0 saturated carbocycles. The van der Waals surface area contributed by atoms with Crippen molar-refractivity contribution in [2.24, 2.45) is 5.73 Å². The highest BCUT2D eigenvalue weighted by Crippen LogP contribution is 1.98. The third-order valence-corrected chi connectivity index (χ3v) is 2.89. The van der Waals surface area contributed by atoms with E-state index in [0.717, 1.165) is 13.0 Å². The van der Waals surface area contributed by atoms with E-state index in [2.05, 4.69) is 5.32 Å². The van der Waals surface area contributed by atoms with Crippen LogP contribution in [-0.2, 0) is 9.59 Å². The van der Waals surface area contributed by atoms with Gasteiger partial charge in [0.05, 0.1) is 6.54 Å². The molecule has 0 aliphatic carbocycles. The van der Waals surface area contributed by atoms with Crippen molar-refractivity contribution >= 4 is 11.8 Å². The Hall–Kier alpha value is -1.14. The highest BCUT2D eigenvalue weighted by atomic mass is 16.2. The fraction of sp³-hybridized carbons (Fsp3) is 0.818. The van der Waals surface area contributed by atoms with Crippen molar-refractivity contribution in [2.45, 2.75) is 12.8 Å². The molecule has 1 heterocycles. The smallest absolute Gasteiger partial charge is 0.236 e. The lowest BCUT2D eigenvalue weighted by Gasteiger charge is -2.23. The first-order chi connectivity index (χ1) is 8.13. The first kappa shape index (κ1) is 13.9. The van der Waals surface area contributed by atoms with Crippen LogP contribution in [0.1, 0.15) is 12.8 Å². The Balaban J connectivity index is 2.31. The predicted molar refractivity (Wildman–Crippen MR) is 65.4 cm³/mol. The summed E-state index contributed by atoms with van der Waals surface area (Å²) in [5, 5.41) is 2.79. The summed E-state index contributed by atoms with van der Waals surface area (Å²) in [6.45, 7) is 3.69. The van der Waals surface area contributed by atoms with Gasteiger partial charge in [0.25, 0.3) is 0 Å². The van der Waals surface area contributed by atoms with E-state index in [4.69, 9.17) is 5.73 Å². The minimum absolute atomic E-state index is 0.0661. The van der Waals surface area contributed by atoms with Crippen molar-refractivity contribution < 1.29 is 9.59 Å². The second kappa shape index (κ2) is 7.24. The zero-order valence-electron chi connectivity index (χ0n) is 10.4. The fourth-order valence-corrected chi connectivity index (χ4v) is 1.74.